The second kappa shape index (κ2) is 24.7. The summed E-state index contributed by atoms with van der Waals surface area (Å²) in [6, 6.07) is 0. The average molecular weight is 881 g/mol. The highest BCUT2D eigenvalue weighted by molar-refractivity contribution is 7.94. The molecule has 12 nitrogen and oxygen atoms in total. The van der Waals surface area contributed by atoms with Crippen LogP contribution in [-0.2, 0) is 59.0 Å². The van der Waals surface area contributed by atoms with Gasteiger partial charge in [-0.2, -0.15) is 0 Å². The number of rotatable bonds is 26. The Bertz CT molecular complexity index is 1610. The highest BCUT2D eigenvalue weighted by atomic mass is 32.2. The van der Waals surface area contributed by atoms with E-state index < -0.39 is 104 Å². The highest BCUT2D eigenvalue weighted by Gasteiger charge is 2.42. The Kier molecular flexibility index (Phi) is 24.8. The molecule has 0 spiro atoms. The predicted molar refractivity (Wildman–Crippen MR) is 226 cm³/mol. The summed E-state index contributed by atoms with van der Waals surface area (Å²) in [6.07, 6.45) is 18.7. The van der Waals surface area contributed by atoms with E-state index in [1.54, 1.807) is 91.8 Å². The van der Waals surface area contributed by atoms with E-state index in [2.05, 4.69) is 0 Å². The molecule has 18 heteroatoms. The fourth-order valence-corrected chi connectivity index (χ4v) is 17.9. The summed E-state index contributed by atoms with van der Waals surface area (Å²) >= 11 is 0. The van der Waals surface area contributed by atoms with Crippen LogP contribution in [0.2, 0.25) is 0 Å². The summed E-state index contributed by atoms with van der Waals surface area (Å²) in [5.41, 5.74) is -2.75. The normalized spacial score (nSPS) is 16.4. The number of hydrogen-bond acceptors (Lipinski definition) is 12. The van der Waals surface area contributed by atoms with E-state index in [0.29, 0.717) is 0 Å². The second-order valence-corrected chi connectivity index (χ2v) is 26.1. The van der Waals surface area contributed by atoms with E-state index >= 15 is 0 Å². The van der Waals surface area contributed by atoms with Crippen LogP contribution in [0.5, 0.6) is 0 Å². The van der Waals surface area contributed by atoms with E-state index in [9.17, 15) is 50.5 Å². The van der Waals surface area contributed by atoms with E-state index in [0.717, 1.165) is 0 Å². The molecule has 0 aromatic carbocycles. The third-order valence-electron chi connectivity index (χ3n) is 8.17. The Labute approximate surface area is 328 Å². The lowest BCUT2D eigenvalue weighted by Gasteiger charge is -2.31. The predicted octanol–water partition coefficient (Wildman–Crippen LogP) is 4.71. The van der Waals surface area contributed by atoms with Gasteiger partial charge in [-0.05, 0) is 54.4 Å². The molecule has 0 bridgehead atoms. The summed E-state index contributed by atoms with van der Waals surface area (Å²) in [6.45, 7) is 13.4. The van der Waals surface area contributed by atoms with Crippen LogP contribution in [0.3, 0.4) is 0 Å². The Hall–Kier alpha value is -1.86. The standard InChI is InChI=1S/2C18H32O6S3/c2*1-5-9-12-25(19,20)15-18(8-4,16-26(21,22)13-10-6-2)17-27(23,24)14-11-7-3/h2*5-7,9-11H,8,12-17H2,1-4H3. The van der Waals surface area contributed by atoms with Gasteiger partial charge in [0.1, 0.15) is 0 Å². The van der Waals surface area contributed by atoms with Crippen molar-refractivity contribution in [2.24, 2.45) is 10.8 Å². The molecule has 0 N–H and O–H groups in total. The van der Waals surface area contributed by atoms with Crippen molar-refractivity contribution in [3.8, 4) is 0 Å². The lowest BCUT2D eigenvalue weighted by Crippen LogP contribution is -2.43. The zero-order valence-electron chi connectivity index (χ0n) is 33.2. The molecule has 0 rings (SSSR count). The molecule has 0 amide bonds. The molecule has 0 aliphatic heterocycles. The first kappa shape index (κ1) is 54.2. The molecule has 0 heterocycles. The van der Waals surface area contributed by atoms with Gasteiger partial charge in [0.05, 0.1) is 69.0 Å². The van der Waals surface area contributed by atoms with Gasteiger partial charge in [0.2, 0.25) is 0 Å². The van der Waals surface area contributed by atoms with Crippen LogP contribution >= 0.6 is 0 Å². The minimum absolute atomic E-state index is 0.131. The Morgan fingerprint density at radius 1 is 0.296 bits per heavy atom. The summed E-state index contributed by atoms with van der Waals surface area (Å²) in [4.78, 5) is 0. The highest BCUT2D eigenvalue weighted by Crippen LogP contribution is 2.31. The van der Waals surface area contributed by atoms with E-state index in [1.807, 2.05) is 0 Å². The van der Waals surface area contributed by atoms with Crippen LogP contribution < -0.4 is 0 Å². The van der Waals surface area contributed by atoms with Gasteiger partial charge in [0.15, 0.2) is 59.0 Å². The van der Waals surface area contributed by atoms with Crippen molar-refractivity contribution in [1.29, 1.82) is 0 Å². The topological polar surface area (TPSA) is 205 Å². The molecule has 0 saturated carbocycles. The molecule has 0 atom stereocenters. The van der Waals surface area contributed by atoms with Crippen LogP contribution in [0.4, 0.5) is 0 Å². The second-order valence-electron chi connectivity index (χ2n) is 13.4. The number of hydrogen-bond donors (Lipinski definition) is 0. The SMILES string of the molecule is CC=CCS(=O)(=O)CC(CC)(CS(=O)(=O)CC=CC)CS(=O)(=O)CC=CC.CC=CCS(=O)(=O)CC(CC)(CS(=O)(=O)CC=CC)CS(=O)(=O)CC=CC. The Morgan fingerprint density at radius 2 is 0.426 bits per heavy atom. The van der Waals surface area contributed by atoms with Crippen LogP contribution in [0.15, 0.2) is 72.9 Å². The molecule has 0 radical (unpaired) electrons. The van der Waals surface area contributed by atoms with Crippen LogP contribution in [0, 0.1) is 10.8 Å². The summed E-state index contributed by atoms with van der Waals surface area (Å²) in [5.74, 6) is -4.33. The van der Waals surface area contributed by atoms with Gasteiger partial charge in [-0.15, -0.1) is 0 Å². The van der Waals surface area contributed by atoms with Gasteiger partial charge in [-0.25, -0.2) is 50.5 Å². The maximum absolute atomic E-state index is 12.5. The first-order valence-electron chi connectivity index (χ1n) is 17.6. The van der Waals surface area contributed by atoms with Crippen molar-refractivity contribution >= 4 is 59.0 Å². The zero-order chi connectivity index (χ0) is 42.4. The maximum Gasteiger partial charge on any atom is 0.154 e. The molecule has 0 unspecified atom stereocenters. The minimum atomic E-state index is -3.65. The van der Waals surface area contributed by atoms with Crippen LogP contribution in [0.1, 0.15) is 68.2 Å². The molecule has 0 saturated heterocycles. The molecular weight excluding hydrogens is 817 g/mol. The lowest BCUT2D eigenvalue weighted by atomic mass is 9.92. The molecule has 0 aliphatic rings. The third-order valence-corrected chi connectivity index (χ3v) is 18.7. The van der Waals surface area contributed by atoms with Gasteiger partial charge in [0, 0.05) is 10.8 Å². The molecule has 54 heavy (non-hydrogen) atoms. The fraction of sp³-hybridized carbons (Fsp3) is 0.667. The summed E-state index contributed by atoms with van der Waals surface area (Å²) < 4.78 is 150. The van der Waals surface area contributed by atoms with Crippen molar-refractivity contribution < 1.29 is 50.5 Å². The van der Waals surface area contributed by atoms with Crippen LogP contribution in [-0.4, -0.2) is 120 Å². The summed E-state index contributed by atoms with van der Waals surface area (Å²) in [5, 5.41) is 0. The smallest absolute Gasteiger partial charge is 0.154 e. The van der Waals surface area contributed by atoms with Crippen molar-refractivity contribution in [3.05, 3.63) is 72.9 Å². The Balaban J connectivity index is 0. The number of allylic oxidation sites excluding steroid dienone is 6. The van der Waals surface area contributed by atoms with Crippen LogP contribution in [0.25, 0.3) is 0 Å². The van der Waals surface area contributed by atoms with Gasteiger partial charge < -0.3 is 0 Å². The minimum Gasteiger partial charge on any atom is -0.228 e. The quantitative estimate of drug-likeness (QED) is 0.108. The molecular formula is C36H64O12S6. The molecule has 0 aromatic rings. The van der Waals surface area contributed by atoms with Crippen molar-refractivity contribution in [2.45, 2.75) is 68.2 Å². The fourth-order valence-electron chi connectivity index (χ4n) is 5.47. The Morgan fingerprint density at radius 3 is 0.519 bits per heavy atom. The van der Waals surface area contributed by atoms with Gasteiger partial charge in [-0.1, -0.05) is 86.8 Å². The van der Waals surface area contributed by atoms with E-state index in [4.69, 9.17) is 0 Å². The van der Waals surface area contributed by atoms with Crippen molar-refractivity contribution in [2.75, 3.05) is 69.0 Å². The van der Waals surface area contributed by atoms with Gasteiger partial charge in [-0.3, -0.25) is 0 Å². The zero-order valence-corrected chi connectivity index (χ0v) is 38.1. The van der Waals surface area contributed by atoms with Gasteiger partial charge >= 0.3 is 0 Å². The lowest BCUT2D eigenvalue weighted by molar-refractivity contribution is 0.395. The maximum atomic E-state index is 12.5. The first-order chi connectivity index (χ1) is 24.7. The van der Waals surface area contributed by atoms with E-state index in [1.165, 1.54) is 36.5 Å². The molecule has 0 fully saturated rings. The molecule has 0 aliphatic carbocycles. The monoisotopic (exact) mass is 880 g/mol. The van der Waals surface area contributed by atoms with E-state index in [-0.39, 0.29) is 47.4 Å². The average Bonchev–Trinajstić information content (AvgIpc) is 3.05. The van der Waals surface area contributed by atoms with Crippen molar-refractivity contribution in [1.82, 2.24) is 0 Å². The van der Waals surface area contributed by atoms with Gasteiger partial charge in [0.25, 0.3) is 0 Å². The summed E-state index contributed by atoms with van der Waals surface area (Å²) in [7, 11) is -21.9. The molecule has 0 aromatic heterocycles. The van der Waals surface area contributed by atoms with Crippen molar-refractivity contribution in [3.63, 3.8) is 0 Å². The largest absolute Gasteiger partial charge is 0.228 e. The molecule has 316 valence electrons. The third kappa shape index (κ3) is 24.6. The first-order valence-corrected chi connectivity index (χ1v) is 28.5. The number of sulfone groups is 6.